The zero-order chi connectivity index (χ0) is 20.8. The number of aromatic carboxylic acids is 1. The second-order valence-corrected chi connectivity index (χ2v) is 7.44. The molecule has 1 aliphatic heterocycles. The molecule has 0 atom stereocenters. The predicted octanol–water partition coefficient (Wildman–Crippen LogP) is 5.01. The standard InChI is InChI=1S/C22H16ClN3O4/c1-11-2-4-14(9-15(11)21(27)28)30-22-24-17-10-16(23)19(25-20(17)26-22)13-3-5-18-12(8-13)6-7-29-18/h2-5,8-10H,6-7H2,1H3,(H,27,28)(H,24,25,26). The van der Waals surface area contributed by atoms with Crippen LogP contribution in [-0.4, -0.2) is 32.6 Å². The maximum Gasteiger partial charge on any atom is 0.336 e. The molecule has 4 aromatic rings. The normalized spacial score (nSPS) is 12.6. The second-order valence-electron chi connectivity index (χ2n) is 7.04. The van der Waals surface area contributed by atoms with Gasteiger partial charge in [0.15, 0.2) is 5.65 Å². The first-order valence-electron chi connectivity index (χ1n) is 9.32. The maximum absolute atomic E-state index is 11.3. The molecular weight excluding hydrogens is 406 g/mol. The fourth-order valence-electron chi connectivity index (χ4n) is 3.49. The van der Waals surface area contributed by atoms with Gasteiger partial charge in [0.25, 0.3) is 0 Å². The average Bonchev–Trinajstić information content (AvgIpc) is 3.33. The summed E-state index contributed by atoms with van der Waals surface area (Å²) in [6, 6.07) is 12.7. The fourth-order valence-corrected chi connectivity index (χ4v) is 3.75. The van der Waals surface area contributed by atoms with Gasteiger partial charge in [-0.15, -0.1) is 0 Å². The number of halogens is 1. The number of carbonyl (C=O) groups is 1. The first-order chi connectivity index (χ1) is 14.5. The Labute approximate surface area is 176 Å². The summed E-state index contributed by atoms with van der Waals surface area (Å²) in [5, 5.41) is 9.77. The van der Waals surface area contributed by atoms with Crippen molar-refractivity contribution < 1.29 is 19.4 Å². The molecule has 150 valence electrons. The minimum absolute atomic E-state index is 0.174. The summed E-state index contributed by atoms with van der Waals surface area (Å²) < 4.78 is 11.3. The van der Waals surface area contributed by atoms with Gasteiger partial charge in [-0.1, -0.05) is 17.7 Å². The number of nitrogens with zero attached hydrogens (tertiary/aromatic N) is 2. The molecule has 2 N–H and O–H groups in total. The number of hydrogen-bond acceptors (Lipinski definition) is 5. The first-order valence-corrected chi connectivity index (χ1v) is 9.70. The van der Waals surface area contributed by atoms with Crippen LogP contribution in [0.1, 0.15) is 21.5 Å². The number of carboxylic acids is 1. The highest BCUT2D eigenvalue weighted by Crippen LogP contribution is 2.34. The molecule has 0 spiro atoms. The van der Waals surface area contributed by atoms with E-state index in [0.717, 1.165) is 23.3 Å². The van der Waals surface area contributed by atoms with Crippen molar-refractivity contribution in [2.24, 2.45) is 0 Å². The summed E-state index contributed by atoms with van der Waals surface area (Å²) in [5.74, 6) is 0.243. The van der Waals surface area contributed by atoms with Crippen molar-refractivity contribution in [3.05, 3.63) is 64.2 Å². The van der Waals surface area contributed by atoms with Gasteiger partial charge in [0, 0.05) is 12.0 Å². The molecule has 0 saturated carbocycles. The lowest BCUT2D eigenvalue weighted by atomic mass is 10.1. The lowest BCUT2D eigenvalue weighted by Gasteiger charge is -2.05. The van der Waals surface area contributed by atoms with Crippen LogP contribution in [0.5, 0.6) is 17.5 Å². The number of pyridine rings is 1. The number of aromatic nitrogens is 3. The van der Waals surface area contributed by atoms with E-state index in [1.54, 1.807) is 25.1 Å². The third kappa shape index (κ3) is 3.23. The largest absolute Gasteiger partial charge is 0.493 e. The number of H-pyrrole nitrogens is 1. The number of benzene rings is 2. The number of aryl methyl sites for hydroxylation is 1. The van der Waals surface area contributed by atoms with E-state index in [4.69, 9.17) is 21.1 Å². The van der Waals surface area contributed by atoms with Crippen LogP contribution >= 0.6 is 11.6 Å². The van der Waals surface area contributed by atoms with E-state index >= 15 is 0 Å². The molecule has 2 aromatic heterocycles. The zero-order valence-corrected chi connectivity index (χ0v) is 16.7. The number of ether oxygens (including phenoxy) is 2. The van der Waals surface area contributed by atoms with Gasteiger partial charge in [-0.3, -0.25) is 0 Å². The highest BCUT2D eigenvalue weighted by atomic mass is 35.5. The molecule has 0 aliphatic carbocycles. The monoisotopic (exact) mass is 421 g/mol. The van der Waals surface area contributed by atoms with E-state index in [9.17, 15) is 9.90 Å². The van der Waals surface area contributed by atoms with Gasteiger partial charge in [0.1, 0.15) is 11.5 Å². The van der Waals surface area contributed by atoms with Gasteiger partial charge in [-0.2, -0.15) is 4.98 Å². The number of imidazole rings is 1. The van der Waals surface area contributed by atoms with E-state index in [-0.39, 0.29) is 11.6 Å². The molecule has 7 nitrogen and oxygen atoms in total. The Morgan fingerprint density at radius 2 is 2.07 bits per heavy atom. The predicted molar refractivity (Wildman–Crippen MR) is 112 cm³/mol. The summed E-state index contributed by atoms with van der Waals surface area (Å²) in [7, 11) is 0. The van der Waals surface area contributed by atoms with E-state index in [2.05, 4.69) is 15.0 Å². The van der Waals surface area contributed by atoms with Crippen LogP contribution in [0.2, 0.25) is 5.02 Å². The van der Waals surface area contributed by atoms with Crippen molar-refractivity contribution in [1.29, 1.82) is 0 Å². The Morgan fingerprint density at radius 3 is 2.90 bits per heavy atom. The van der Waals surface area contributed by atoms with Crippen LogP contribution in [0.3, 0.4) is 0 Å². The molecule has 5 rings (SSSR count). The van der Waals surface area contributed by atoms with Crippen LogP contribution in [0.25, 0.3) is 22.4 Å². The molecule has 0 bridgehead atoms. The topological polar surface area (TPSA) is 97.3 Å². The molecule has 0 radical (unpaired) electrons. The van der Waals surface area contributed by atoms with Gasteiger partial charge >= 0.3 is 12.0 Å². The molecule has 3 heterocycles. The lowest BCUT2D eigenvalue weighted by molar-refractivity contribution is 0.0695. The third-order valence-corrected chi connectivity index (χ3v) is 5.31. The van der Waals surface area contributed by atoms with Crippen molar-refractivity contribution >= 4 is 28.7 Å². The van der Waals surface area contributed by atoms with Crippen LogP contribution in [0, 0.1) is 6.92 Å². The molecule has 8 heteroatoms. The van der Waals surface area contributed by atoms with Crippen molar-refractivity contribution in [3.63, 3.8) is 0 Å². The number of aromatic amines is 1. The van der Waals surface area contributed by atoms with Crippen molar-refractivity contribution in [1.82, 2.24) is 15.0 Å². The highest BCUT2D eigenvalue weighted by molar-refractivity contribution is 6.33. The van der Waals surface area contributed by atoms with E-state index < -0.39 is 5.97 Å². The number of nitrogens with one attached hydrogen (secondary N) is 1. The Morgan fingerprint density at radius 1 is 1.20 bits per heavy atom. The second kappa shape index (κ2) is 7.03. The minimum atomic E-state index is -1.01. The van der Waals surface area contributed by atoms with Crippen molar-refractivity contribution in [2.75, 3.05) is 6.61 Å². The van der Waals surface area contributed by atoms with Crippen molar-refractivity contribution in [3.8, 4) is 28.8 Å². The summed E-state index contributed by atoms with van der Waals surface area (Å²) in [6.45, 7) is 2.41. The highest BCUT2D eigenvalue weighted by Gasteiger charge is 2.17. The number of rotatable bonds is 4. The summed E-state index contributed by atoms with van der Waals surface area (Å²) in [4.78, 5) is 23.3. The van der Waals surface area contributed by atoms with Crippen LogP contribution < -0.4 is 9.47 Å². The van der Waals surface area contributed by atoms with Crippen LogP contribution in [-0.2, 0) is 6.42 Å². The van der Waals surface area contributed by atoms with Gasteiger partial charge in [-0.05, 0) is 54.4 Å². The van der Waals surface area contributed by atoms with E-state index in [0.29, 0.717) is 39.8 Å². The SMILES string of the molecule is Cc1ccc(Oc2nc3nc(-c4ccc5c(c4)CCO5)c(Cl)cc3[nH]2)cc1C(=O)O. The molecule has 1 aliphatic rings. The molecule has 0 amide bonds. The average molecular weight is 422 g/mol. The Kier molecular flexibility index (Phi) is 4.33. The molecule has 0 unspecified atom stereocenters. The smallest absolute Gasteiger partial charge is 0.336 e. The molecule has 0 fully saturated rings. The van der Waals surface area contributed by atoms with Gasteiger partial charge in [0.2, 0.25) is 0 Å². The number of hydrogen-bond donors (Lipinski definition) is 2. The van der Waals surface area contributed by atoms with Crippen LogP contribution in [0.15, 0.2) is 42.5 Å². The van der Waals surface area contributed by atoms with E-state index in [1.807, 2.05) is 18.2 Å². The Balaban J connectivity index is 1.49. The molecule has 30 heavy (non-hydrogen) atoms. The van der Waals surface area contributed by atoms with Crippen molar-refractivity contribution in [2.45, 2.75) is 13.3 Å². The van der Waals surface area contributed by atoms with Gasteiger partial charge < -0.3 is 19.6 Å². The Bertz CT molecular complexity index is 1320. The molecule has 0 saturated heterocycles. The minimum Gasteiger partial charge on any atom is -0.493 e. The van der Waals surface area contributed by atoms with Gasteiger partial charge in [0.05, 0.1) is 28.4 Å². The lowest BCUT2D eigenvalue weighted by Crippen LogP contribution is -2.00. The fraction of sp³-hybridized carbons (Fsp3) is 0.136. The summed E-state index contributed by atoms with van der Waals surface area (Å²) >= 11 is 6.48. The Hall–Kier alpha value is -3.58. The zero-order valence-electron chi connectivity index (χ0n) is 15.9. The van der Waals surface area contributed by atoms with E-state index in [1.165, 1.54) is 6.07 Å². The number of carboxylic acid groups (broad SMARTS) is 1. The molecule has 2 aromatic carbocycles. The third-order valence-electron chi connectivity index (χ3n) is 5.02. The van der Waals surface area contributed by atoms with Gasteiger partial charge in [-0.25, -0.2) is 9.78 Å². The quantitative estimate of drug-likeness (QED) is 0.480. The number of fused-ring (bicyclic) bond motifs is 2. The van der Waals surface area contributed by atoms with Crippen LogP contribution in [0.4, 0.5) is 0 Å². The summed E-state index contributed by atoms with van der Waals surface area (Å²) in [5.41, 5.74) is 4.54. The summed E-state index contributed by atoms with van der Waals surface area (Å²) in [6.07, 6.45) is 0.859. The maximum atomic E-state index is 11.3. The first kappa shape index (κ1) is 18.4. The molecular formula is C22H16ClN3O4.